The summed E-state index contributed by atoms with van der Waals surface area (Å²) >= 11 is 0. The summed E-state index contributed by atoms with van der Waals surface area (Å²) < 4.78 is 0. The highest BCUT2D eigenvalue weighted by Gasteiger charge is 2.26. The number of carbonyl (C=O) groups is 2. The minimum absolute atomic E-state index is 0.0396. The number of nitrogens with one attached hydrogen (secondary N) is 2. The van der Waals surface area contributed by atoms with Crippen molar-refractivity contribution < 1.29 is 9.59 Å². The molecule has 2 aromatic heterocycles. The largest absolute Gasteiger partial charge is 0.354 e. The second-order valence-corrected chi connectivity index (χ2v) is 7.36. The molecule has 158 valence electrons. The second-order valence-electron chi connectivity index (χ2n) is 7.36. The van der Waals surface area contributed by atoms with Gasteiger partial charge in [0, 0.05) is 42.7 Å². The molecule has 0 bridgehead atoms. The number of amides is 2. The van der Waals surface area contributed by atoms with Crippen LogP contribution in [-0.4, -0.2) is 34.9 Å². The average molecular weight is 407 g/mol. The molecular weight excluding hydrogens is 376 g/mol. The minimum Gasteiger partial charge on any atom is -0.354 e. The Hall–Kier alpha value is -3.02. The van der Waals surface area contributed by atoms with Crippen molar-refractivity contribution in [2.24, 2.45) is 0 Å². The zero-order chi connectivity index (χ0) is 21.7. The summed E-state index contributed by atoms with van der Waals surface area (Å²) in [6.45, 7) is 6.08. The highest BCUT2D eigenvalue weighted by atomic mass is 16.2. The molecule has 0 aliphatic heterocycles. The minimum atomic E-state index is -0.298. The Morgan fingerprint density at radius 3 is 2.60 bits per heavy atom. The molecule has 0 saturated heterocycles. The topological polar surface area (TPSA) is 84.0 Å². The van der Waals surface area contributed by atoms with Crippen molar-refractivity contribution in [2.75, 3.05) is 7.05 Å². The molecule has 2 aromatic rings. The van der Waals surface area contributed by atoms with Gasteiger partial charge in [-0.15, -0.1) is 0 Å². The number of hydrogen-bond acceptors (Lipinski definition) is 4. The van der Waals surface area contributed by atoms with Gasteiger partial charge in [0.2, 0.25) is 0 Å². The summed E-state index contributed by atoms with van der Waals surface area (Å²) in [5, 5.41) is 5.61. The molecule has 30 heavy (non-hydrogen) atoms. The van der Waals surface area contributed by atoms with Crippen LogP contribution in [0.3, 0.4) is 0 Å². The predicted octanol–water partition coefficient (Wildman–Crippen LogP) is 3.87. The molecule has 6 heteroatoms. The Kier molecular flexibility index (Phi) is 6.98. The van der Waals surface area contributed by atoms with E-state index in [1.165, 1.54) is 11.1 Å². The maximum atomic E-state index is 12.7. The first-order valence-electron chi connectivity index (χ1n) is 10.8. The summed E-state index contributed by atoms with van der Waals surface area (Å²) in [5.41, 5.74) is 4.92. The van der Waals surface area contributed by atoms with E-state index in [4.69, 9.17) is 0 Å². The first-order chi connectivity index (χ1) is 14.6. The highest BCUT2D eigenvalue weighted by Crippen LogP contribution is 2.34. The van der Waals surface area contributed by atoms with Gasteiger partial charge in [0.05, 0.1) is 0 Å². The molecule has 6 nitrogen and oxygen atoms in total. The van der Waals surface area contributed by atoms with Crippen LogP contribution in [0.25, 0.3) is 6.08 Å². The molecule has 1 fully saturated rings. The fraction of sp³-hybridized carbons (Fsp3) is 0.417. The lowest BCUT2D eigenvalue weighted by Crippen LogP contribution is -2.27. The lowest BCUT2D eigenvalue weighted by molar-refractivity contribution is 0.0951. The van der Waals surface area contributed by atoms with E-state index in [1.54, 1.807) is 13.1 Å². The van der Waals surface area contributed by atoms with Crippen LogP contribution in [0.2, 0.25) is 0 Å². The van der Waals surface area contributed by atoms with Gasteiger partial charge in [-0.05, 0) is 54.5 Å². The highest BCUT2D eigenvalue weighted by molar-refractivity contribution is 5.98. The molecule has 0 aromatic carbocycles. The number of allylic oxidation sites excluding steroid dienone is 1. The number of fused-ring (bicyclic) bond motifs is 1. The third-order valence-electron chi connectivity index (χ3n) is 5.34. The van der Waals surface area contributed by atoms with Crippen LogP contribution in [0.1, 0.15) is 89.2 Å². The fourth-order valence-electron chi connectivity index (χ4n) is 3.67. The van der Waals surface area contributed by atoms with Crippen LogP contribution in [-0.2, 0) is 6.42 Å². The fourth-order valence-corrected chi connectivity index (χ4v) is 3.67. The molecule has 0 radical (unpaired) electrons. The number of hydrogen-bond donors (Lipinski definition) is 2. The smallest absolute Gasteiger partial charge is 0.269 e. The second kappa shape index (κ2) is 9.65. The Balaban J connectivity index is 0.00000124. The monoisotopic (exact) mass is 406 g/mol. The van der Waals surface area contributed by atoms with Gasteiger partial charge in [0.25, 0.3) is 11.8 Å². The summed E-state index contributed by atoms with van der Waals surface area (Å²) in [6, 6.07) is 3.64. The van der Waals surface area contributed by atoms with Crippen LogP contribution in [0.4, 0.5) is 0 Å². The van der Waals surface area contributed by atoms with Gasteiger partial charge in [0.15, 0.2) is 0 Å². The zero-order valence-corrected chi connectivity index (χ0v) is 18.2. The number of aromatic nitrogens is 2. The molecule has 1 atom stereocenters. The van der Waals surface area contributed by atoms with Crippen molar-refractivity contribution in [2.45, 2.75) is 58.4 Å². The van der Waals surface area contributed by atoms with E-state index in [9.17, 15) is 9.59 Å². The van der Waals surface area contributed by atoms with Gasteiger partial charge in [0.1, 0.15) is 5.69 Å². The van der Waals surface area contributed by atoms with Crippen LogP contribution in [0.5, 0.6) is 0 Å². The quantitative estimate of drug-likeness (QED) is 0.763. The van der Waals surface area contributed by atoms with E-state index in [1.807, 2.05) is 32.3 Å². The number of pyridine rings is 2. The van der Waals surface area contributed by atoms with Crippen LogP contribution >= 0.6 is 0 Å². The van der Waals surface area contributed by atoms with Crippen molar-refractivity contribution in [3.8, 4) is 0 Å². The van der Waals surface area contributed by atoms with Gasteiger partial charge >= 0.3 is 0 Å². The first-order valence-corrected chi connectivity index (χ1v) is 10.8. The Morgan fingerprint density at radius 1 is 1.17 bits per heavy atom. The van der Waals surface area contributed by atoms with Gasteiger partial charge in [-0.1, -0.05) is 32.9 Å². The average Bonchev–Trinajstić information content (AvgIpc) is 3.46. The molecular formula is C24H30N4O2. The summed E-state index contributed by atoms with van der Waals surface area (Å²) in [4.78, 5) is 33.9. The lowest BCUT2D eigenvalue weighted by atomic mass is 9.88. The van der Waals surface area contributed by atoms with Crippen molar-refractivity contribution in [3.05, 3.63) is 64.2 Å². The maximum Gasteiger partial charge on any atom is 0.269 e. The van der Waals surface area contributed by atoms with E-state index < -0.39 is 0 Å². The van der Waals surface area contributed by atoms with Crippen LogP contribution in [0, 0.1) is 0 Å². The molecule has 1 unspecified atom stereocenters. The van der Waals surface area contributed by atoms with Crippen molar-refractivity contribution >= 4 is 17.9 Å². The number of nitrogens with zero attached hydrogens (tertiary/aromatic N) is 2. The molecule has 1 saturated carbocycles. The van der Waals surface area contributed by atoms with Gasteiger partial charge in [-0.2, -0.15) is 0 Å². The van der Waals surface area contributed by atoms with E-state index in [-0.39, 0.29) is 29.5 Å². The number of rotatable bonds is 6. The first kappa shape index (κ1) is 21.7. The standard InChI is InChI=1S/C22H24N4O2.C2H6/c1-3-16(18-12-24-11-13-5-4-6-17(13)18)19-9-14(21(27)25-15-7-8-15)10-20(26-19)22(28)23-2;1-2/h4,6,9-12,15-16H,3,5,7-8H2,1-2H3,(H,23,28)(H,25,27);1-2H3. The molecule has 2 N–H and O–H groups in total. The van der Waals surface area contributed by atoms with E-state index in [0.717, 1.165) is 36.9 Å². The Morgan fingerprint density at radius 2 is 1.93 bits per heavy atom. The Labute approximate surface area is 178 Å². The molecule has 2 aliphatic carbocycles. The maximum absolute atomic E-state index is 12.7. The molecule has 2 heterocycles. The van der Waals surface area contributed by atoms with E-state index >= 15 is 0 Å². The normalized spacial score (nSPS) is 14.9. The molecule has 2 aliphatic rings. The van der Waals surface area contributed by atoms with E-state index in [2.05, 4.69) is 39.7 Å². The van der Waals surface area contributed by atoms with Crippen LogP contribution < -0.4 is 10.6 Å². The number of carbonyl (C=O) groups excluding carboxylic acids is 2. The summed E-state index contributed by atoms with van der Waals surface area (Å²) in [7, 11) is 1.57. The lowest BCUT2D eigenvalue weighted by Gasteiger charge is -2.19. The predicted molar refractivity (Wildman–Crippen MR) is 119 cm³/mol. The third-order valence-corrected chi connectivity index (χ3v) is 5.34. The Bertz CT molecular complexity index is 964. The summed E-state index contributed by atoms with van der Waals surface area (Å²) in [5.74, 6) is -0.488. The molecule has 2 amide bonds. The molecule has 0 spiro atoms. The third kappa shape index (κ3) is 4.58. The SMILES string of the molecule is CC.CCC(c1cc(C(=O)NC2CC2)cc(C(=O)NC)n1)c1cncc2c1C=CC2. The van der Waals surface area contributed by atoms with Gasteiger partial charge in [-0.3, -0.25) is 14.6 Å². The van der Waals surface area contributed by atoms with Crippen molar-refractivity contribution in [1.29, 1.82) is 0 Å². The molecule has 4 rings (SSSR count). The van der Waals surface area contributed by atoms with E-state index in [0.29, 0.717) is 5.56 Å². The van der Waals surface area contributed by atoms with Crippen LogP contribution in [0.15, 0.2) is 30.6 Å². The van der Waals surface area contributed by atoms with Gasteiger partial charge < -0.3 is 10.6 Å². The van der Waals surface area contributed by atoms with Crippen molar-refractivity contribution in [1.82, 2.24) is 20.6 Å². The van der Waals surface area contributed by atoms with Crippen molar-refractivity contribution in [3.63, 3.8) is 0 Å². The zero-order valence-electron chi connectivity index (χ0n) is 18.2. The summed E-state index contributed by atoms with van der Waals surface area (Å²) in [6.07, 6.45) is 11.7. The van der Waals surface area contributed by atoms with Gasteiger partial charge in [-0.25, -0.2) is 4.98 Å².